The Hall–Kier alpha value is -0.870. The van der Waals surface area contributed by atoms with E-state index < -0.39 is 0 Å². The van der Waals surface area contributed by atoms with Crippen molar-refractivity contribution in [3.05, 3.63) is 18.5 Å². The van der Waals surface area contributed by atoms with Crippen LogP contribution in [-0.4, -0.2) is 61.8 Å². The molecule has 27 heavy (non-hydrogen) atoms. The Morgan fingerprint density at radius 1 is 1.37 bits per heavy atom. The maximum atomic E-state index is 5.81. The maximum Gasteiger partial charge on any atom is 0.191 e. The highest BCUT2D eigenvalue weighted by Gasteiger charge is 2.13. The topological polar surface area (TPSA) is 72.7 Å². The van der Waals surface area contributed by atoms with Crippen LogP contribution in [0.3, 0.4) is 0 Å². The number of halogens is 1. The van der Waals surface area contributed by atoms with Crippen LogP contribution >= 0.6 is 24.0 Å². The van der Waals surface area contributed by atoms with Gasteiger partial charge in [-0.2, -0.15) is 5.10 Å². The largest absolute Gasteiger partial charge is 0.381 e. The second-order valence-corrected chi connectivity index (χ2v) is 6.96. The predicted molar refractivity (Wildman–Crippen MR) is 120 cm³/mol. The van der Waals surface area contributed by atoms with Crippen LogP contribution in [-0.2, 0) is 16.0 Å². The van der Waals surface area contributed by atoms with Crippen LogP contribution in [0.25, 0.3) is 0 Å². The van der Waals surface area contributed by atoms with Crippen LogP contribution < -0.4 is 10.6 Å². The minimum atomic E-state index is 0. The molecular weight excluding hydrogens is 457 g/mol. The second kappa shape index (κ2) is 15.1. The molecule has 0 radical (unpaired) electrons. The van der Waals surface area contributed by atoms with Crippen molar-refractivity contribution in [1.29, 1.82) is 0 Å². The van der Waals surface area contributed by atoms with E-state index in [-0.39, 0.29) is 24.0 Å². The summed E-state index contributed by atoms with van der Waals surface area (Å²) in [5, 5.41) is 10.9. The van der Waals surface area contributed by atoms with E-state index in [0.29, 0.717) is 11.8 Å². The summed E-state index contributed by atoms with van der Waals surface area (Å²) in [7, 11) is 0. The van der Waals surface area contributed by atoms with Crippen molar-refractivity contribution >= 4 is 29.9 Å². The lowest BCUT2D eigenvalue weighted by Crippen LogP contribution is -2.38. The third-order valence-electron chi connectivity index (χ3n) is 4.42. The minimum Gasteiger partial charge on any atom is -0.381 e. The monoisotopic (exact) mass is 493 g/mol. The van der Waals surface area contributed by atoms with Crippen molar-refractivity contribution in [2.45, 2.75) is 39.7 Å². The smallest absolute Gasteiger partial charge is 0.191 e. The van der Waals surface area contributed by atoms with E-state index in [1.54, 1.807) is 0 Å². The number of aliphatic imine (C=N–C) groups is 1. The Morgan fingerprint density at radius 3 is 2.89 bits per heavy atom. The molecule has 0 aliphatic carbocycles. The van der Waals surface area contributed by atoms with Crippen LogP contribution in [0.1, 0.15) is 33.1 Å². The van der Waals surface area contributed by atoms with Gasteiger partial charge >= 0.3 is 0 Å². The fourth-order valence-electron chi connectivity index (χ4n) is 2.92. The minimum absolute atomic E-state index is 0. The number of aromatic nitrogens is 2. The molecule has 0 saturated carbocycles. The Labute approximate surface area is 180 Å². The molecule has 1 aromatic heterocycles. The standard InChI is InChI=1S/C19H35N5O2.HI/c1-3-20-19(22-14-17(2)15-24-10-4-9-23-24)21-8-5-11-26-16-18-6-12-25-13-7-18;/h4,9-10,17-18H,3,5-8,11-16H2,1-2H3,(H2,20,21,22);1H. The van der Waals surface area contributed by atoms with E-state index in [2.05, 4.69) is 34.6 Å². The van der Waals surface area contributed by atoms with Gasteiger partial charge < -0.3 is 20.1 Å². The van der Waals surface area contributed by atoms with Gasteiger partial charge in [0.1, 0.15) is 0 Å². The quantitative estimate of drug-likeness (QED) is 0.215. The summed E-state index contributed by atoms with van der Waals surface area (Å²) in [4.78, 5) is 4.68. The van der Waals surface area contributed by atoms with Crippen LogP contribution in [0.5, 0.6) is 0 Å². The number of hydrogen-bond acceptors (Lipinski definition) is 4. The Bertz CT molecular complexity index is 492. The van der Waals surface area contributed by atoms with Gasteiger partial charge in [-0.1, -0.05) is 6.92 Å². The third-order valence-corrected chi connectivity index (χ3v) is 4.42. The summed E-state index contributed by atoms with van der Waals surface area (Å²) in [5.74, 6) is 1.99. The van der Waals surface area contributed by atoms with Crippen LogP contribution in [0.2, 0.25) is 0 Å². The van der Waals surface area contributed by atoms with Crippen molar-refractivity contribution in [2.24, 2.45) is 16.8 Å². The van der Waals surface area contributed by atoms with Gasteiger partial charge in [0, 0.05) is 65.0 Å². The molecule has 7 nitrogen and oxygen atoms in total. The molecule has 0 aromatic carbocycles. The fourth-order valence-corrected chi connectivity index (χ4v) is 2.92. The highest BCUT2D eigenvalue weighted by molar-refractivity contribution is 14.0. The highest BCUT2D eigenvalue weighted by atomic mass is 127. The molecule has 1 aromatic rings. The molecule has 1 aliphatic rings. The normalized spacial score (nSPS) is 16.6. The van der Waals surface area contributed by atoms with E-state index >= 15 is 0 Å². The van der Waals surface area contributed by atoms with Crippen LogP contribution in [0.4, 0.5) is 0 Å². The average molecular weight is 493 g/mol. The number of nitrogens with one attached hydrogen (secondary N) is 2. The number of guanidine groups is 1. The number of ether oxygens (including phenoxy) is 2. The van der Waals surface area contributed by atoms with Crippen LogP contribution in [0, 0.1) is 11.8 Å². The van der Waals surface area contributed by atoms with Gasteiger partial charge in [-0.15, -0.1) is 24.0 Å². The molecule has 1 fully saturated rings. The van der Waals surface area contributed by atoms with E-state index in [0.717, 1.165) is 77.8 Å². The Morgan fingerprint density at radius 2 is 2.19 bits per heavy atom. The first-order chi connectivity index (χ1) is 12.8. The predicted octanol–water partition coefficient (Wildman–Crippen LogP) is 2.53. The van der Waals surface area contributed by atoms with E-state index in [1.807, 2.05) is 23.1 Å². The van der Waals surface area contributed by atoms with E-state index in [9.17, 15) is 0 Å². The Kier molecular flexibility index (Phi) is 13.5. The molecular formula is C19H36IN5O2. The zero-order valence-electron chi connectivity index (χ0n) is 16.7. The van der Waals surface area contributed by atoms with Gasteiger partial charge in [0.05, 0.1) is 0 Å². The number of hydrogen-bond donors (Lipinski definition) is 2. The molecule has 1 atom stereocenters. The van der Waals surface area contributed by atoms with E-state index in [1.165, 1.54) is 0 Å². The SMILES string of the molecule is CCNC(=NCC(C)Cn1cccn1)NCCCOCC1CCOCC1.I. The summed E-state index contributed by atoms with van der Waals surface area (Å²) < 4.78 is 13.1. The number of rotatable bonds is 11. The molecule has 0 spiro atoms. The lowest BCUT2D eigenvalue weighted by molar-refractivity contribution is 0.0203. The highest BCUT2D eigenvalue weighted by Crippen LogP contribution is 2.14. The van der Waals surface area contributed by atoms with Crippen molar-refractivity contribution in [2.75, 3.05) is 46.1 Å². The molecule has 2 rings (SSSR count). The van der Waals surface area contributed by atoms with Crippen molar-refractivity contribution in [3.63, 3.8) is 0 Å². The summed E-state index contributed by atoms with van der Waals surface area (Å²) in [6.07, 6.45) is 7.05. The molecule has 0 bridgehead atoms. The molecule has 1 aliphatic heterocycles. The summed E-state index contributed by atoms with van der Waals surface area (Å²) >= 11 is 0. The molecule has 1 unspecified atom stereocenters. The van der Waals surface area contributed by atoms with E-state index in [4.69, 9.17) is 9.47 Å². The van der Waals surface area contributed by atoms with Gasteiger partial charge in [-0.25, -0.2) is 0 Å². The molecule has 2 N–H and O–H groups in total. The molecule has 0 amide bonds. The summed E-state index contributed by atoms with van der Waals surface area (Å²) in [5.41, 5.74) is 0. The first-order valence-corrected chi connectivity index (χ1v) is 9.93. The lowest BCUT2D eigenvalue weighted by atomic mass is 10.0. The third kappa shape index (κ3) is 10.9. The van der Waals surface area contributed by atoms with Gasteiger partial charge in [0.25, 0.3) is 0 Å². The number of nitrogens with zero attached hydrogens (tertiary/aromatic N) is 3. The van der Waals surface area contributed by atoms with Gasteiger partial charge in [-0.05, 0) is 44.1 Å². The molecule has 156 valence electrons. The van der Waals surface area contributed by atoms with Crippen molar-refractivity contribution in [1.82, 2.24) is 20.4 Å². The summed E-state index contributed by atoms with van der Waals surface area (Å²) in [6.45, 7) is 11.1. The molecule has 8 heteroatoms. The van der Waals surface area contributed by atoms with Crippen LogP contribution in [0.15, 0.2) is 23.5 Å². The first-order valence-electron chi connectivity index (χ1n) is 9.93. The summed E-state index contributed by atoms with van der Waals surface area (Å²) in [6, 6.07) is 1.95. The molecule has 1 saturated heterocycles. The van der Waals surface area contributed by atoms with Gasteiger partial charge in [-0.3, -0.25) is 9.67 Å². The van der Waals surface area contributed by atoms with Crippen molar-refractivity contribution in [3.8, 4) is 0 Å². The fraction of sp³-hybridized carbons (Fsp3) is 0.789. The van der Waals surface area contributed by atoms with Gasteiger partial charge in [0.15, 0.2) is 5.96 Å². The maximum absolute atomic E-state index is 5.81. The van der Waals surface area contributed by atoms with Gasteiger partial charge in [0.2, 0.25) is 0 Å². The van der Waals surface area contributed by atoms with Crippen molar-refractivity contribution < 1.29 is 9.47 Å². The lowest BCUT2D eigenvalue weighted by Gasteiger charge is -2.21. The zero-order valence-corrected chi connectivity index (χ0v) is 19.1. The average Bonchev–Trinajstić information content (AvgIpc) is 3.16. The first kappa shape index (κ1) is 24.2. The zero-order chi connectivity index (χ0) is 18.5. The molecule has 2 heterocycles. The Balaban J connectivity index is 0.00000364. The second-order valence-electron chi connectivity index (χ2n) is 6.96.